The summed E-state index contributed by atoms with van der Waals surface area (Å²) in [5.74, 6) is -0.232. The smallest absolute Gasteiger partial charge is 0.303 e. The molecule has 0 saturated heterocycles. The highest BCUT2D eigenvalue weighted by Gasteiger charge is 2.14. The van der Waals surface area contributed by atoms with E-state index in [9.17, 15) is 9.59 Å². The topological polar surface area (TPSA) is 66.4 Å². The Labute approximate surface area is 184 Å². The van der Waals surface area contributed by atoms with E-state index in [0.717, 1.165) is 17.7 Å². The molecular weight excluding hydrogens is 394 g/mol. The number of amides is 1. The number of carboxylic acid groups (broad SMARTS) is 1. The van der Waals surface area contributed by atoms with Crippen molar-refractivity contribution in [1.29, 1.82) is 0 Å². The largest absolute Gasteiger partial charge is 0.481 e. The second-order valence-corrected chi connectivity index (χ2v) is 8.64. The molecule has 4 nitrogen and oxygen atoms in total. The third-order valence-electron chi connectivity index (χ3n) is 4.94. The Bertz CT molecular complexity index is 834. The van der Waals surface area contributed by atoms with Crippen LogP contribution in [0.15, 0.2) is 59.5 Å². The van der Waals surface area contributed by atoms with Gasteiger partial charge in [0.15, 0.2) is 0 Å². The minimum Gasteiger partial charge on any atom is -0.481 e. The van der Waals surface area contributed by atoms with Gasteiger partial charge in [-0.25, -0.2) is 0 Å². The fraction of sp³-hybridized carbons (Fsp3) is 0.440. The molecule has 2 aromatic carbocycles. The third kappa shape index (κ3) is 9.49. The molecule has 0 spiro atoms. The Morgan fingerprint density at radius 1 is 1.07 bits per heavy atom. The zero-order valence-electron chi connectivity index (χ0n) is 17.8. The number of rotatable bonds is 14. The van der Waals surface area contributed by atoms with Crippen molar-refractivity contribution in [3.05, 3.63) is 54.6 Å². The van der Waals surface area contributed by atoms with Gasteiger partial charge in [-0.2, -0.15) is 0 Å². The number of nitrogens with one attached hydrogen (secondary N) is 1. The first-order chi connectivity index (χ1) is 14.6. The van der Waals surface area contributed by atoms with Crippen molar-refractivity contribution in [1.82, 2.24) is 5.32 Å². The van der Waals surface area contributed by atoms with Crippen molar-refractivity contribution >= 4 is 34.4 Å². The number of aliphatic carboxylic acids is 1. The average Bonchev–Trinajstić information content (AvgIpc) is 2.74. The molecule has 2 N–H and O–H groups in total. The quantitative estimate of drug-likeness (QED) is 0.214. The minimum absolute atomic E-state index is 0.0469. The van der Waals surface area contributed by atoms with Crippen LogP contribution in [0, 0.1) is 0 Å². The second kappa shape index (κ2) is 13.9. The van der Waals surface area contributed by atoms with Crippen LogP contribution < -0.4 is 5.32 Å². The van der Waals surface area contributed by atoms with Gasteiger partial charge >= 0.3 is 5.97 Å². The molecule has 5 heteroatoms. The van der Waals surface area contributed by atoms with Crippen LogP contribution in [0.3, 0.4) is 0 Å². The molecule has 2 aromatic rings. The van der Waals surface area contributed by atoms with Crippen LogP contribution in [-0.2, 0) is 9.59 Å². The van der Waals surface area contributed by atoms with Crippen molar-refractivity contribution in [2.45, 2.75) is 69.2 Å². The summed E-state index contributed by atoms with van der Waals surface area (Å²) in [6, 6.07) is 14.3. The number of hydrogen-bond acceptors (Lipinski definition) is 3. The summed E-state index contributed by atoms with van der Waals surface area (Å²) < 4.78 is 0. The molecule has 2 rings (SSSR count). The fourth-order valence-electron chi connectivity index (χ4n) is 3.23. The maximum atomic E-state index is 12.3. The molecule has 0 saturated carbocycles. The van der Waals surface area contributed by atoms with Gasteiger partial charge in [-0.05, 0) is 42.2 Å². The van der Waals surface area contributed by atoms with Gasteiger partial charge in [0.05, 0.1) is 0 Å². The molecule has 162 valence electrons. The number of hydrogen-bond donors (Lipinski definition) is 2. The number of fused-ring (bicyclic) bond motifs is 1. The summed E-state index contributed by atoms with van der Waals surface area (Å²) in [6.45, 7) is 2.19. The summed E-state index contributed by atoms with van der Waals surface area (Å²) in [7, 11) is 0. The van der Waals surface area contributed by atoms with Gasteiger partial charge in [-0.15, -0.1) is 11.8 Å². The Balaban J connectivity index is 1.83. The lowest BCUT2D eigenvalue weighted by molar-refractivity contribution is -0.137. The SMILES string of the molecule is CCCCCC/C=C/CC(=O)N[C@H](CCC(=O)O)CSc1ccc2ccccc2c1. The second-order valence-electron chi connectivity index (χ2n) is 7.54. The number of carbonyl (C=O) groups excluding carboxylic acids is 1. The summed E-state index contributed by atoms with van der Waals surface area (Å²) in [5.41, 5.74) is 0. The predicted molar refractivity (Wildman–Crippen MR) is 126 cm³/mol. The molecule has 1 atom stereocenters. The lowest BCUT2D eigenvalue weighted by atomic mass is 10.1. The van der Waals surface area contributed by atoms with E-state index < -0.39 is 5.97 Å². The number of thioether (sulfide) groups is 1. The zero-order valence-corrected chi connectivity index (χ0v) is 18.6. The van der Waals surface area contributed by atoms with Crippen LogP contribution in [0.1, 0.15) is 58.3 Å². The number of unbranched alkanes of at least 4 members (excludes halogenated alkanes) is 4. The van der Waals surface area contributed by atoms with E-state index in [2.05, 4.69) is 48.6 Å². The molecule has 0 radical (unpaired) electrons. The van der Waals surface area contributed by atoms with E-state index in [1.54, 1.807) is 11.8 Å². The fourth-order valence-corrected chi connectivity index (χ4v) is 4.25. The average molecular weight is 428 g/mol. The third-order valence-corrected chi connectivity index (χ3v) is 6.09. The molecule has 0 bridgehead atoms. The zero-order chi connectivity index (χ0) is 21.6. The molecule has 0 aliphatic heterocycles. The van der Waals surface area contributed by atoms with Gasteiger partial charge in [0.2, 0.25) is 5.91 Å². The van der Waals surface area contributed by atoms with E-state index in [0.29, 0.717) is 18.6 Å². The van der Waals surface area contributed by atoms with E-state index in [1.807, 2.05) is 18.2 Å². The van der Waals surface area contributed by atoms with Crippen molar-refractivity contribution in [2.75, 3.05) is 5.75 Å². The molecule has 0 aromatic heterocycles. The summed E-state index contributed by atoms with van der Waals surface area (Å²) >= 11 is 1.65. The lowest BCUT2D eigenvalue weighted by Gasteiger charge is -2.17. The summed E-state index contributed by atoms with van der Waals surface area (Å²) in [6.07, 6.45) is 10.7. The molecule has 1 amide bonds. The first kappa shape index (κ1) is 24.0. The Hall–Kier alpha value is -2.27. The standard InChI is InChI=1S/C25H33NO3S/c1-2-3-4-5-6-7-8-13-24(27)26-22(15-17-25(28)29)19-30-23-16-14-20-11-9-10-12-21(20)18-23/h7-12,14,16,18,22H,2-6,13,15,17,19H2,1H3,(H,26,27)(H,28,29)/b8-7+/t22-/m1/s1. The van der Waals surface area contributed by atoms with Gasteiger partial charge in [0.1, 0.15) is 0 Å². The lowest BCUT2D eigenvalue weighted by Crippen LogP contribution is -2.36. The maximum Gasteiger partial charge on any atom is 0.303 e. The number of allylic oxidation sites excluding steroid dienone is 1. The highest BCUT2D eigenvalue weighted by Crippen LogP contribution is 2.24. The Kier molecular flexibility index (Phi) is 11.1. The maximum absolute atomic E-state index is 12.3. The minimum atomic E-state index is -0.836. The van der Waals surface area contributed by atoms with Crippen LogP contribution >= 0.6 is 11.8 Å². The van der Waals surface area contributed by atoms with Crippen molar-refractivity contribution in [3.8, 4) is 0 Å². The Morgan fingerprint density at radius 3 is 2.63 bits per heavy atom. The number of carboxylic acids is 1. The van der Waals surface area contributed by atoms with E-state index in [4.69, 9.17) is 5.11 Å². The van der Waals surface area contributed by atoms with Crippen molar-refractivity contribution in [3.63, 3.8) is 0 Å². The van der Waals surface area contributed by atoms with E-state index >= 15 is 0 Å². The number of carbonyl (C=O) groups is 2. The monoisotopic (exact) mass is 427 g/mol. The first-order valence-corrected chi connectivity index (χ1v) is 11.8. The molecule has 0 unspecified atom stereocenters. The molecule has 0 aliphatic rings. The molecule has 0 heterocycles. The molecule has 30 heavy (non-hydrogen) atoms. The van der Waals surface area contributed by atoms with Crippen LogP contribution in [0.4, 0.5) is 0 Å². The van der Waals surface area contributed by atoms with Gasteiger partial charge in [0, 0.05) is 29.5 Å². The Morgan fingerprint density at radius 2 is 1.87 bits per heavy atom. The summed E-state index contributed by atoms with van der Waals surface area (Å²) in [5, 5.41) is 14.4. The predicted octanol–water partition coefficient (Wildman–Crippen LogP) is 6.20. The molecule has 0 aliphatic carbocycles. The van der Waals surface area contributed by atoms with Gasteiger partial charge in [-0.1, -0.05) is 68.7 Å². The normalized spacial score (nSPS) is 12.3. The van der Waals surface area contributed by atoms with Gasteiger partial charge < -0.3 is 10.4 Å². The molecular formula is C25H33NO3S. The van der Waals surface area contributed by atoms with Crippen LogP contribution in [-0.4, -0.2) is 28.8 Å². The highest BCUT2D eigenvalue weighted by atomic mass is 32.2. The van der Waals surface area contributed by atoms with Gasteiger partial charge in [0.25, 0.3) is 0 Å². The van der Waals surface area contributed by atoms with Crippen LogP contribution in [0.25, 0.3) is 10.8 Å². The molecule has 0 fully saturated rings. The van der Waals surface area contributed by atoms with Crippen LogP contribution in [0.2, 0.25) is 0 Å². The highest BCUT2D eigenvalue weighted by molar-refractivity contribution is 7.99. The summed E-state index contributed by atoms with van der Waals surface area (Å²) in [4.78, 5) is 24.4. The number of benzene rings is 2. The van der Waals surface area contributed by atoms with E-state index in [-0.39, 0.29) is 18.4 Å². The van der Waals surface area contributed by atoms with Crippen molar-refractivity contribution < 1.29 is 14.7 Å². The van der Waals surface area contributed by atoms with Gasteiger partial charge in [-0.3, -0.25) is 9.59 Å². The van der Waals surface area contributed by atoms with Crippen molar-refractivity contribution in [2.24, 2.45) is 0 Å². The van der Waals surface area contributed by atoms with E-state index in [1.165, 1.54) is 30.0 Å². The first-order valence-electron chi connectivity index (χ1n) is 10.9. The van der Waals surface area contributed by atoms with Crippen LogP contribution in [0.5, 0.6) is 0 Å².